The molecule has 52 heavy (non-hydrogen) atoms. The Kier molecular flexibility index (Phi) is 6.17. The van der Waals surface area contributed by atoms with Crippen molar-refractivity contribution in [3.05, 3.63) is 163 Å². The molecule has 13 rings (SSSR count). The molecule has 2 heteroatoms. The number of rotatable bonds is 4. The van der Waals surface area contributed by atoms with E-state index in [1.165, 1.54) is 102 Å². The van der Waals surface area contributed by atoms with E-state index in [1.807, 2.05) is 11.3 Å². The third-order valence-electron chi connectivity index (χ3n) is 13.6. The van der Waals surface area contributed by atoms with Gasteiger partial charge < -0.3 is 4.90 Å². The van der Waals surface area contributed by atoms with Gasteiger partial charge in [0.1, 0.15) is 0 Å². The van der Waals surface area contributed by atoms with Gasteiger partial charge >= 0.3 is 0 Å². The first-order valence-electron chi connectivity index (χ1n) is 19.3. The summed E-state index contributed by atoms with van der Waals surface area (Å²) in [5, 5.41) is 5.17. The molecule has 1 aromatic heterocycles. The van der Waals surface area contributed by atoms with Crippen molar-refractivity contribution in [3.8, 4) is 22.3 Å². The molecule has 250 valence electrons. The number of hydrogen-bond donors (Lipinski definition) is 0. The average Bonchev–Trinajstić information content (AvgIpc) is 3.70. The molecule has 4 fully saturated rings. The maximum atomic E-state index is 2.54. The highest BCUT2D eigenvalue weighted by Crippen LogP contribution is 2.69. The first-order valence-corrected chi connectivity index (χ1v) is 20.1. The molecule has 5 aliphatic carbocycles. The third-order valence-corrected chi connectivity index (χ3v) is 14.8. The lowest BCUT2D eigenvalue weighted by Crippen LogP contribution is -2.55. The Labute approximate surface area is 309 Å². The lowest BCUT2D eigenvalue weighted by atomic mass is 9.43. The van der Waals surface area contributed by atoms with Gasteiger partial charge in [-0.2, -0.15) is 0 Å². The number of benzene rings is 7. The maximum absolute atomic E-state index is 2.54. The predicted octanol–water partition coefficient (Wildman–Crippen LogP) is 14.1. The van der Waals surface area contributed by atoms with Crippen molar-refractivity contribution in [2.75, 3.05) is 4.90 Å². The summed E-state index contributed by atoms with van der Waals surface area (Å²) in [4.78, 5) is 2.43. The smallest absolute Gasteiger partial charge is 0.0476 e. The Morgan fingerprint density at radius 2 is 1.08 bits per heavy atom. The van der Waals surface area contributed by atoms with E-state index in [9.17, 15) is 0 Å². The number of nitrogens with zero attached hydrogens (tertiary/aromatic N) is 1. The van der Waals surface area contributed by atoms with Crippen LogP contribution in [0.2, 0.25) is 0 Å². The quantitative estimate of drug-likeness (QED) is 0.178. The standard InChI is InChI=1S/C50H39NS/c1-2-8-35-28-40(19-15-33(35)7-1)51(41-20-21-44-43-10-4-6-12-48(43)52-49(44)30-41)39-17-13-34(14-18-39)36-16-22-47-45(29-36)42-9-3-5-11-46(42)50(47)37-24-31-23-32(26-37)27-38(50)25-31/h1-22,28-32,37-38H,23-27H2. The molecule has 1 spiro atoms. The number of anilines is 3. The highest BCUT2D eigenvalue weighted by molar-refractivity contribution is 7.25. The largest absolute Gasteiger partial charge is 0.310 e. The zero-order valence-electron chi connectivity index (χ0n) is 29.1. The molecule has 1 nitrogen and oxygen atoms in total. The Morgan fingerprint density at radius 1 is 0.442 bits per heavy atom. The fraction of sp³-hybridized carbons (Fsp3) is 0.200. The van der Waals surface area contributed by atoms with Gasteiger partial charge in [0.25, 0.3) is 0 Å². The van der Waals surface area contributed by atoms with E-state index in [4.69, 9.17) is 0 Å². The highest BCUT2D eigenvalue weighted by atomic mass is 32.1. The van der Waals surface area contributed by atoms with Crippen LogP contribution in [0, 0.1) is 23.7 Å². The fourth-order valence-corrected chi connectivity index (χ4v) is 12.9. The Bertz CT molecular complexity index is 2690. The summed E-state index contributed by atoms with van der Waals surface area (Å²) in [5.74, 6) is 3.51. The van der Waals surface area contributed by atoms with Crippen molar-refractivity contribution in [3.63, 3.8) is 0 Å². The van der Waals surface area contributed by atoms with Crippen LogP contribution in [-0.4, -0.2) is 0 Å². The van der Waals surface area contributed by atoms with Gasteiger partial charge in [-0.3, -0.25) is 0 Å². The summed E-state index contributed by atoms with van der Waals surface area (Å²) >= 11 is 1.88. The molecule has 0 atom stereocenters. The topological polar surface area (TPSA) is 3.24 Å². The first-order chi connectivity index (χ1) is 25.7. The lowest BCUT2D eigenvalue weighted by molar-refractivity contribution is -0.0399. The van der Waals surface area contributed by atoms with E-state index in [0.717, 1.165) is 23.7 Å². The van der Waals surface area contributed by atoms with Gasteiger partial charge in [-0.05, 0) is 148 Å². The second kappa shape index (κ2) is 10.9. The Hall–Kier alpha value is -5.18. The summed E-state index contributed by atoms with van der Waals surface area (Å²) in [7, 11) is 0. The Balaban J connectivity index is 0.961. The van der Waals surface area contributed by atoms with Gasteiger partial charge in [0.2, 0.25) is 0 Å². The van der Waals surface area contributed by atoms with Crippen LogP contribution in [0.25, 0.3) is 53.2 Å². The van der Waals surface area contributed by atoms with E-state index in [-0.39, 0.29) is 5.41 Å². The molecule has 7 aromatic carbocycles. The van der Waals surface area contributed by atoms with Gasteiger partial charge in [0, 0.05) is 42.6 Å². The molecular weight excluding hydrogens is 647 g/mol. The monoisotopic (exact) mass is 685 g/mol. The normalized spacial score (nSPS) is 23.8. The van der Waals surface area contributed by atoms with Gasteiger partial charge in [0.15, 0.2) is 0 Å². The van der Waals surface area contributed by atoms with Crippen molar-refractivity contribution in [2.45, 2.75) is 37.5 Å². The molecule has 0 radical (unpaired) electrons. The van der Waals surface area contributed by atoms with Crippen molar-refractivity contribution in [1.82, 2.24) is 0 Å². The van der Waals surface area contributed by atoms with Crippen molar-refractivity contribution >= 4 is 59.3 Å². The number of thiophene rings is 1. The molecule has 0 saturated heterocycles. The minimum absolute atomic E-state index is 0.220. The van der Waals surface area contributed by atoms with Gasteiger partial charge in [-0.1, -0.05) is 103 Å². The predicted molar refractivity (Wildman–Crippen MR) is 220 cm³/mol. The van der Waals surface area contributed by atoms with E-state index in [1.54, 1.807) is 11.1 Å². The molecule has 0 amide bonds. The van der Waals surface area contributed by atoms with Crippen LogP contribution in [0.4, 0.5) is 17.1 Å². The van der Waals surface area contributed by atoms with Crippen molar-refractivity contribution in [1.29, 1.82) is 0 Å². The van der Waals surface area contributed by atoms with E-state index in [0.29, 0.717) is 0 Å². The van der Waals surface area contributed by atoms with Crippen LogP contribution in [-0.2, 0) is 5.41 Å². The highest BCUT2D eigenvalue weighted by Gasteiger charge is 2.61. The second-order valence-electron chi connectivity index (χ2n) is 16.2. The van der Waals surface area contributed by atoms with Gasteiger partial charge in [0.05, 0.1) is 0 Å². The SMILES string of the molecule is c1ccc2c(c1)-c1cc(-c3ccc(N(c4ccc5ccccc5c4)c4ccc5c(c4)sc4ccccc45)cc3)ccc1C21C2CC3CC(C2)CC1C3. The minimum atomic E-state index is 0.220. The van der Waals surface area contributed by atoms with Crippen molar-refractivity contribution in [2.24, 2.45) is 23.7 Å². The molecule has 4 saturated carbocycles. The summed E-state index contributed by atoms with van der Waals surface area (Å²) < 4.78 is 2.65. The molecule has 0 N–H and O–H groups in total. The van der Waals surface area contributed by atoms with Crippen LogP contribution in [0.1, 0.15) is 43.2 Å². The number of hydrogen-bond acceptors (Lipinski definition) is 2. The van der Waals surface area contributed by atoms with Crippen LogP contribution in [0.15, 0.2) is 152 Å². The zero-order valence-corrected chi connectivity index (χ0v) is 30.0. The molecule has 5 aliphatic rings. The van der Waals surface area contributed by atoms with Crippen molar-refractivity contribution < 1.29 is 0 Å². The van der Waals surface area contributed by atoms with Crippen LogP contribution in [0.5, 0.6) is 0 Å². The van der Waals surface area contributed by atoms with Crippen LogP contribution in [0.3, 0.4) is 0 Å². The van der Waals surface area contributed by atoms with E-state index in [2.05, 4.69) is 157 Å². The molecule has 1 heterocycles. The maximum Gasteiger partial charge on any atom is 0.0476 e. The third kappa shape index (κ3) is 4.10. The molecule has 0 aliphatic heterocycles. The lowest BCUT2D eigenvalue weighted by Gasteiger charge is -2.61. The molecule has 0 unspecified atom stereocenters. The fourth-order valence-electron chi connectivity index (χ4n) is 11.8. The van der Waals surface area contributed by atoms with Gasteiger partial charge in [-0.25, -0.2) is 0 Å². The zero-order chi connectivity index (χ0) is 34.0. The summed E-state index contributed by atoms with van der Waals surface area (Å²) in [6, 6.07) is 57.5. The van der Waals surface area contributed by atoms with E-state index >= 15 is 0 Å². The number of fused-ring (bicyclic) bond motifs is 7. The molecule has 4 bridgehead atoms. The second-order valence-corrected chi connectivity index (χ2v) is 17.3. The minimum Gasteiger partial charge on any atom is -0.310 e. The van der Waals surface area contributed by atoms with Gasteiger partial charge in [-0.15, -0.1) is 11.3 Å². The van der Waals surface area contributed by atoms with Crippen LogP contribution < -0.4 is 4.90 Å². The summed E-state index contributed by atoms with van der Waals surface area (Å²) in [6.07, 6.45) is 7.19. The summed E-state index contributed by atoms with van der Waals surface area (Å²) in [6.45, 7) is 0. The average molecular weight is 686 g/mol. The van der Waals surface area contributed by atoms with Crippen LogP contribution >= 0.6 is 11.3 Å². The molecule has 8 aromatic rings. The Morgan fingerprint density at radius 3 is 1.92 bits per heavy atom. The first kappa shape index (κ1) is 29.4. The summed E-state index contributed by atoms with van der Waals surface area (Å²) in [5.41, 5.74) is 12.5. The molecular formula is C50H39NS. The van der Waals surface area contributed by atoms with E-state index < -0.39 is 0 Å².